The predicted molar refractivity (Wildman–Crippen MR) is 82.0 cm³/mol. The highest BCUT2D eigenvalue weighted by Gasteiger charge is 2.24. The summed E-state index contributed by atoms with van der Waals surface area (Å²) in [4.78, 5) is 6.76. The summed E-state index contributed by atoms with van der Waals surface area (Å²) in [5, 5.41) is 4.18. The fraction of sp³-hybridized carbons (Fsp3) is 0.312. The van der Waals surface area contributed by atoms with Gasteiger partial charge >= 0.3 is 0 Å². The molecule has 20 heavy (non-hydrogen) atoms. The number of aromatic nitrogens is 1. The summed E-state index contributed by atoms with van der Waals surface area (Å²) >= 11 is 6.17. The average Bonchev–Trinajstić information content (AvgIpc) is 2.50. The maximum absolute atomic E-state index is 6.17. The van der Waals surface area contributed by atoms with Crippen molar-refractivity contribution >= 4 is 11.6 Å². The first-order valence-corrected chi connectivity index (χ1v) is 7.32. The molecule has 2 heterocycles. The Morgan fingerprint density at radius 1 is 1.10 bits per heavy atom. The van der Waals surface area contributed by atoms with Gasteiger partial charge in [-0.1, -0.05) is 29.8 Å². The number of nitrogens with zero attached hydrogens (tertiary/aromatic N) is 2. The molecule has 1 aromatic heterocycles. The normalized spacial score (nSPS) is 17.9. The van der Waals surface area contributed by atoms with Crippen LogP contribution in [0.2, 0.25) is 5.02 Å². The van der Waals surface area contributed by atoms with Crippen molar-refractivity contribution in [2.24, 2.45) is 0 Å². The van der Waals surface area contributed by atoms with Crippen LogP contribution in [0.5, 0.6) is 0 Å². The third kappa shape index (κ3) is 3.01. The van der Waals surface area contributed by atoms with Crippen LogP contribution in [0, 0.1) is 0 Å². The molecule has 1 N–H and O–H groups in total. The van der Waals surface area contributed by atoms with E-state index >= 15 is 0 Å². The Balaban J connectivity index is 1.98. The Labute approximate surface area is 124 Å². The topological polar surface area (TPSA) is 28.2 Å². The highest BCUT2D eigenvalue weighted by Crippen LogP contribution is 2.29. The van der Waals surface area contributed by atoms with E-state index in [9.17, 15) is 0 Å². The van der Waals surface area contributed by atoms with Crippen molar-refractivity contribution in [3.05, 3.63) is 64.9 Å². The number of hydrogen-bond donors (Lipinski definition) is 1. The first-order valence-electron chi connectivity index (χ1n) is 6.95. The monoisotopic (exact) mass is 287 g/mol. The van der Waals surface area contributed by atoms with Crippen LogP contribution in [-0.2, 0) is 0 Å². The lowest BCUT2D eigenvalue weighted by Crippen LogP contribution is -2.45. The molecule has 1 aliphatic rings. The molecule has 2 aromatic rings. The van der Waals surface area contributed by atoms with E-state index in [0.717, 1.165) is 31.2 Å². The molecule has 3 rings (SSSR count). The van der Waals surface area contributed by atoms with Gasteiger partial charge in [-0.25, -0.2) is 0 Å². The van der Waals surface area contributed by atoms with Gasteiger partial charge in [0.15, 0.2) is 0 Å². The lowest BCUT2D eigenvalue weighted by molar-refractivity contribution is 0.198. The van der Waals surface area contributed by atoms with E-state index in [0.29, 0.717) is 0 Å². The Morgan fingerprint density at radius 2 is 1.90 bits per heavy atom. The van der Waals surface area contributed by atoms with Crippen LogP contribution >= 0.6 is 11.6 Å². The van der Waals surface area contributed by atoms with Crippen molar-refractivity contribution in [3.63, 3.8) is 0 Å². The smallest absolute Gasteiger partial charge is 0.0618 e. The van der Waals surface area contributed by atoms with Crippen molar-refractivity contribution in [2.75, 3.05) is 26.2 Å². The Morgan fingerprint density at radius 3 is 2.60 bits per heavy atom. The summed E-state index contributed by atoms with van der Waals surface area (Å²) in [6, 6.07) is 12.5. The number of piperazine rings is 1. The first kappa shape index (κ1) is 13.6. The van der Waals surface area contributed by atoms with Gasteiger partial charge in [0.05, 0.1) is 6.04 Å². The number of benzene rings is 1. The average molecular weight is 288 g/mol. The number of nitrogens with one attached hydrogen (secondary N) is 1. The Hall–Kier alpha value is -1.42. The van der Waals surface area contributed by atoms with Crippen LogP contribution in [0.15, 0.2) is 48.8 Å². The molecule has 1 aromatic carbocycles. The van der Waals surface area contributed by atoms with E-state index in [1.165, 1.54) is 11.1 Å². The minimum atomic E-state index is 0.226. The first-order chi connectivity index (χ1) is 9.84. The number of pyridine rings is 1. The molecule has 0 spiro atoms. The molecular weight excluding hydrogens is 270 g/mol. The minimum absolute atomic E-state index is 0.226. The zero-order valence-corrected chi connectivity index (χ0v) is 12.1. The molecule has 1 atom stereocenters. The van der Waals surface area contributed by atoms with Crippen molar-refractivity contribution in [1.82, 2.24) is 15.2 Å². The van der Waals surface area contributed by atoms with Crippen LogP contribution in [0.4, 0.5) is 0 Å². The second kappa shape index (κ2) is 6.35. The standard InChI is InChI=1S/C16H18ClN3/c17-15-5-1-3-13(11-15)16(14-4-2-6-19-12-14)20-9-7-18-8-10-20/h1-6,11-12,16,18H,7-10H2. The number of hydrogen-bond acceptors (Lipinski definition) is 3. The second-order valence-corrected chi connectivity index (χ2v) is 5.47. The summed E-state index contributed by atoms with van der Waals surface area (Å²) in [5.74, 6) is 0. The van der Waals surface area contributed by atoms with Crippen molar-refractivity contribution in [2.45, 2.75) is 6.04 Å². The molecule has 0 amide bonds. The molecule has 0 bridgehead atoms. The zero-order chi connectivity index (χ0) is 13.8. The second-order valence-electron chi connectivity index (χ2n) is 5.03. The summed E-state index contributed by atoms with van der Waals surface area (Å²) in [5.41, 5.74) is 2.45. The lowest BCUT2D eigenvalue weighted by Gasteiger charge is -2.35. The Bertz CT molecular complexity index is 553. The summed E-state index contributed by atoms with van der Waals surface area (Å²) in [6.45, 7) is 4.12. The number of rotatable bonds is 3. The van der Waals surface area contributed by atoms with Crippen LogP contribution in [0.1, 0.15) is 17.2 Å². The molecule has 1 unspecified atom stereocenters. The zero-order valence-electron chi connectivity index (χ0n) is 11.3. The van der Waals surface area contributed by atoms with Crippen molar-refractivity contribution < 1.29 is 0 Å². The highest BCUT2D eigenvalue weighted by atomic mass is 35.5. The molecule has 1 saturated heterocycles. The van der Waals surface area contributed by atoms with Crippen LogP contribution in [0.25, 0.3) is 0 Å². The molecule has 1 aliphatic heterocycles. The van der Waals surface area contributed by atoms with E-state index in [4.69, 9.17) is 11.6 Å². The van der Waals surface area contributed by atoms with E-state index in [1.54, 1.807) is 0 Å². The fourth-order valence-corrected chi connectivity index (χ4v) is 2.97. The van der Waals surface area contributed by atoms with Gasteiger partial charge in [-0.15, -0.1) is 0 Å². The van der Waals surface area contributed by atoms with E-state index in [1.807, 2.05) is 30.6 Å². The SMILES string of the molecule is Clc1cccc(C(c2cccnc2)N2CCNCC2)c1. The van der Waals surface area contributed by atoms with Gasteiger partial charge in [0.25, 0.3) is 0 Å². The van der Waals surface area contributed by atoms with Crippen LogP contribution in [0.3, 0.4) is 0 Å². The highest BCUT2D eigenvalue weighted by molar-refractivity contribution is 6.30. The lowest BCUT2D eigenvalue weighted by atomic mass is 9.98. The molecule has 4 heteroatoms. The molecule has 0 saturated carbocycles. The van der Waals surface area contributed by atoms with Gasteiger partial charge in [-0.2, -0.15) is 0 Å². The maximum atomic E-state index is 6.17. The van der Waals surface area contributed by atoms with Crippen LogP contribution < -0.4 is 5.32 Å². The third-order valence-corrected chi connectivity index (χ3v) is 3.92. The van der Waals surface area contributed by atoms with E-state index in [2.05, 4.69) is 33.4 Å². The van der Waals surface area contributed by atoms with Gasteiger partial charge in [0, 0.05) is 43.6 Å². The predicted octanol–water partition coefficient (Wildman–Crippen LogP) is 2.73. The van der Waals surface area contributed by atoms with Gasteiger partial charge < -0.3 is 5.32 Å². The summed E-state index contributed by atoms with van der Waals surface area (Å²) in [7, 11) is 0. The van der Waals surface area contributed by atoms with E-state index in [-0.39, 0.29) is 6.04 Å². The van der Waals surface area contributed by atoms with Crippen LogP contribution in [-0.4, -0.2) is 36.1 Å². The quantitative estimate of drug-likeness (QED) is 0.941. The van der Waals surface area contributed by atoms with E-state index < -0.39 is 0 Å². The largest absolute Gasteiger partial charge is 0.314 e. The molecule has 0 radical (unpaired) electrons. The van der Waals surface area contributed by atoms with Gasteiger partial charge in [0.2, 0.25) is 0 Å². The third-order valence-electron chi connectivity index (χ3n) is 3.68. The minimum Gasteiger partial charge on any atom is -0.314 e. The molecule has 3 nitrogen and oxygen atoms in total. The van der Waals surface area contributed by atoms with Crippen molar-refractivity contribution in [3.8, 4) is 0 Å². The molecular formula is C16H18ClN3. The molecule has 1 fully saturated rings. The number of halogens is 1. The Kier molecular flexibility index (Phi) is 4.31. The molecule has 104 valence electrons. The summed E-state index contributed by atoms with van der Waals surface area (Å²) < 4.78 is 0. The maximum Gasteiger partial charge on any atom is 0.0618 e. The van der Waals surface area contributed by atoms with Gasteiger partial charge in [0.1, 0.15) is 0 Å². The van der Waals surface area contributed by atoms with Gasteiger partial charge in [-0.3, -0.25) is 9.88 Å². The van der Waals surface area contributed by atoms with Crippen molar-refractivity contribution in [1.29, 1.82) is 0 Å². The fourth-order valence-electron chi connectivity index (χ4n) is 2.77. The molecule has 0 aliphatic carbocycles. The van der Waals surface area contributed by atoms with Gasteiger partial charge in [-0.05, 0) is 29.3 Å². The summed E-state index contributed by atoms with van der Waals surface area (Å²) in [6.07, 6.45) is 3.77.